The first-order valence-electron chi connectivity index (χ1n) is 13.7. The van der Waals surface area contributed by atoms with Gasteiger partial charge in [-0.15, -0.1) is 34.0 Å². The van der Waals surface area contributed by atoms with Crippen LogP contribution in [0.25, 0.3) is 19.8 Å². The molecule has 1 aliphatic carbocycles. The normalized spacial score (nSPS) is 20.9. The molecule has 1 saturated heterocycles. The third kappa shape index (κ3) is 4.88. The molecule has 2 fully saturated rings. The molecule has 6 heterocycles. The largest absolute Gasteiger partial charge is 0.378 e. The van der Waals surface area contributed by atoms with Crippen molar-refractivity contribution in [2.24, 2.45) is 0 Å². The van der Waals surface area contributed by atoms with E-state index in [1.165, 1.54) is 24.2 Å². The van der Waals surface area contributed by atoms with Crippen LogP contribution < -0.4 is 32.0 Å². The molecule has 1 amide bonds. The number of anilines is 4. The molecular formula is C28H31N6O3S3+. The zero-order chi connectivity index (χ0) is 27.2. The van der Waals surface area contributed by atoms with Gasteiger partial charge in [-0.25, -0.2) is 4.98 Å². The topological polar surface area (TPSA) is 123 Å². The maximum Gasteiger partial charge on any atom is 0.255 e. The van der Waals surface area contributed by atoms with Crippen molar-refractivity contribution in [2.45, 2.75) is 44.3 Å². The third-order valence-corrected chi connectivity index (χ3v) is 11.2. The molecule has 12 heteroatoms. The first kappa shape index (κ1) is 25.9. The van der Waals surface area contributed by atoms with Crippen molar-refractivity contribution in [2.75, 3.05) is 41.8 Å². The van der Waals surface area contributed by atoms with Gasteiger partial charge in [0.05, 0.1) is 44.2 Å². The number of rotatable bonds is 6. The molecule has 6 N–H and O–H groups in total. The first-order valence-corrected chi connectivity index (χ1v) is 16.2. The lowest BCUT2D eigenvalue weighted by Crippen LogP contribution is -2.68. The third-order valence-electron chi connectivity index (χ3n) is 7.88. The summed E-state index contributed by atoms with van der Waals surface area (Å²) in [5, 5.41) is 13.9. The van der Waals surface area contributed by atoms with Gasteiger partial charge in [0, 0.05) is 47.9 Å². The van der Waals surface area contributed by atoms with E-state index in [1.54, 1.807) is 28.7 Å². The van der Waals surface area contributed by atoms with E-state index in [0.717, 1.165) is 67.2 Å². The van der Waals surface area contributed by atoms with Crippen LogP contribution in [0.4, 0.5) is 21.6 Å². The number of carbonyl (C=O) groups excluding carboxylic acids is 1. The first-order chi connectivity index (χ1) is 19.5. The molecule has 9 nitrogen and oxygen atoms in total. The van der Waals surface area contributed by atoms with Crippen molar-refractivity contribution < 1.29 is 15.3 Å². The van der Waals surface area contributed by atoms with Crippen molar-refractivity contribution >= 4 is 71.0 Å². The quantitative estimate of drug-likeness (QED) is 0.263. The van der Waals surface area contributed by atoms with Gasteiger partial charge in [0.15, 0.2) is 5.43 Å². The number of hydrogen-bond acceptors (Lipinski definition) is 10. The highest BCUT2D eigenvalue weighted by Crippen LogP contribution is 2.43. The number of aromatic nitrogens is 1. The zero-order valence-corrected chi connectivity index (χ0v) is 24.4. The summed E-state index contributed by atoms with van der Waals surface area (Å²) in [5.74, 6) is 1.24. The van der Waals surface area contributed by atoms with Crippen molar-refractivity contribution in [3.8, 4) is 10.4 Å². The molecule has 2 aliphatic heterocycles. The van der Waals surface area contributed by atoms with Gasteiger partial charge in [-0.05, 0) is 36.6 Å². The van der Waals surface area contributed by atoms with E-state index >= 15 is 0 Å². The van der Waals surface area contributed by atoms with E-state index in [0.29, 0.717) is 37.2 Å². The van der Waals surface area contributed by atoms with Crippen LogP contribution in [-0.4, -0.2) is 49.3 Å². The average molecular weight is 596 g/mol. The van der Waals surface area contributed by atoms with Gasteiger partial charge in [-0.3, -0.25) is 9.59 Å². The van der Waals surface area contributed by atoms with Crippen LogP contribution in [0, 0.1) is 0 Å². The van der Waals surface area contributed by atoms with Crippen molar-refractivity contribution in [3.05, 3.63) is 51.0 Å². The Morgan fingerprint density at radius 2 is 1.93 bits per heavy atom. The van der Waals surface area contributed by atoms with Crippen LogP contribution >= 0.6 is 34.0 Å². The second-order valence-electron chi connectivity index (χ2n) is 10.5. The number of amides is 1. The van der Waals surface area contributed by atoms with Crippen LogP contribution in [-0.2, 0) is 11.3 Å². The molecule has 0 bridgehead atoms. The van der Waals surface area contributed by atoms with Crippen LogP contribution in [0.5, 0.6) is 0 Å². The Kier molecular flexibility index (Phi) is 6.96. The maximum atomic E-state index is 13.0. The van der Waals surface area contributed by atoms with Crippen LogP contribution in [0.1, 0.15) is 41.6 Å². The van der Waals surface area contributed by atoms with E-state index in [-0.39, 0.29) is 17.4 Å². The second kappa shape index (κ2) is 10.7. The number of ether oxygens (including phenoxy) is 1. The highest BCUT2D eigenvalue weighted by molar-refractivity contribution is 7.29. The van der Waals surface area contributed by atoms with Crippen molar-refractivity contribution in [1.82, 2.24) is 10.3 Å². The number of morpholine rings is 1. The lowest BCUT2D eigenvalue weighted by atomic mass is 9.91. The standard InChI is InChI=1S/C28H30N6O3S3/c29-17-3-1-2-4-18(17)31-21-11-15-13-30-28(36)24(15)27(32-21)33-22-6-5-20(39-22)16-14-38-26-19(35)12-23(40-25(16)26)34-7-9-37-10-8-34/h5-6,11-12,14,17-18H,1-4,7-10,13,29H2,(H,30,36)(H2,31,32,33)/p+1/t17-,18+/m1/s1. The van der Waals surface area contributed by atoms with Gasteiger partial charge in [-0.2, -0.15) is 0 Å². The van der Waals surface area contributed by atoms with E-state index in [2.05, 4.69) is 38.0 Å². The molecule has 208 valence electrons. The Hall–Kier alpha value is -3.03. The molecule has 0 spiro atoms. The van der Waals surface area contributed by atoms with Crippen LogP contribution in [0.15, 0.2) is 34.4 Å². The lowest BCUT2D eigenvalue weighted by Gasteiger charge is -2.28. The lowest BCUT2D eigenvalue weighted by molar-refractivity contribution is -0.427. The molecule has 0 radical (unpaired) electrons. The van der Waals surface area contributed by atoms with Gasteiger partial charge in [0.1, 0.15) is 17.7 Å². The summed E-state index contributed by atoms with van der Waals surface area (Å²) in [6.45, 7) is 3.45. The molecular weight excluding hydrogens is 565 g/mol. The molecule has 2 atom stereocenters. The van der Waals surface area contributed by atoms with Crippen LogP contribution in [0.2, 0.25) is 0 Å². The average Bonchev–Trinajstić information content (AvgIpc) is 3.69. The molecule has 3 aliphatic rings. The fourth-order valence-electron chi connectivity index (χ4n) is 5.71. The summed E-state index contributed by atoms with van der Waals surface area (Å²) in [7, 11) is 0. The van der Waals surface area contributed by atoms with Gasteiger partial charge in [0.25, 0.3) is 5.91 Å². The molecule has 7 rings (SSSR count). The van der Waals surface area contributed by atoms with E-state index in [4.69, 9.17) is 9.72 Å². The number of quaternary nitrogens is 1. The predicted octanol–water partition coefficient (Wildman–Crippen LogP) is 4.24. The molecule has 4 aromatic rings. The summed E-state index contributed by atoms with van der Waals surface area (Å²) in [6, 6.07) is 8.48. The summed E-state index contributed by atoms with van der Waals surface area (Å²) < 4.78 is 7.31. The SMILES string of the molecule is [NH3+][C@@H]1CCCC[C@@H]1Nc1cc2c(c(Nc3ccc(-c4csc5c(=O)cc(N6CCOCC6)sc45)s3)n1)C(=O)NC2. The van der Waals surface area contributed by atoms with E-state index < -0.39 is 0 Å². The maximum absolute atomic E-state index is 13.0. The number of carbonyl (C=O) groups is 1. The molecule has 4 aromatic heterocycles. The number of thiophene rings is 2. The number of nitrogens with zero attached hydrogens (tertiary/aromatic N) is 2. The Morgan fingerprint density at radius 3 is 2.77 bits per heavy atom. The summed E-state index contributed by atoms with van der Waals surface area (Å²) in [5.41, 5.74) is 7.03. The van der Waals surface area contributed by atoms with Crippen molar-refractivity contribution in [3.63, 3.8) is 0 Å². The smallest absolute Gasteiger partial charge is 0.255 e. The Labute approximate surface area is 243 Å². The second-order valence-corrected chi connectivity index (χ2v) is 13.5. The summed E-state index contributed by atoms with van der Waals surface area (Å²) >= 11 is 4.77. The van der Waals surface area contributed by atoms with Crippen molar-refractivity contribution in [1.29, 1.82) is 0 Å². The van der Waals surface area contributed by atoms with Gasteiger partial charge >= 0.3 is 0 Å². The predicted molar refractivity (Wildman–Crippen MR) is 164 cm³/mol. The number of nitrogens with one attached hydrogen (secondary N) is 3. The van der Waals surface area contributed by atoms with Crippen LogP contribution in [0.3, 0.4) is 0 Å². The summed E-state index contributed by atoms with van der Waals surface area (Å²) in [4.78, 5) is 33.8. The minimum absolute atomic E-state index is 0.0685. The number of pyridine rings is 1. The molecule has 1 saturated carbocycles. The minimum atomic E-state index is -0.106. The van der Waals surface area contributed by atoms with Gasteiger partial charge in [0.2, 0.25) is 0 Å². The Morgan fingerprint density at radius 1 is 1.07 bits per heavy atom. The van der Waals surface area contributed by atoms with Gasteiger partial charge < -0.3 is 31.3 Å². The zero-order valence-electron chi connectivity index (χ0n) is 22.0. The summed E-state index contributed by atoms with van der Waals surface area (Å²) in [6.07, 6.45) is 4.61. The number of fused-ring (bicyclic) bond motifs is 2. The molecule has 0 unspecified atom stereocenters. The molecule has 0 aromatic carbocycles. The molecule has 40 heavy (non-hydrogen) atoms. The minimum Gasteiger partial charge on any atom is -0.378 e. The van der Waals surface area contributed by atoms with E-state index in [9.17, 15) is 9.59 Å². The monoisotopic (exact) mass is 595 g/mol. The Balaban J connectivity index is 1.19. The fourth-order valence-corrected chi connectivity index (χ4v) is 9.16. The van der Waals surface area contributed by atoms with E-state index in [1.807, 2.05) is 12.1 Å². The Bertz CT molecular complexity index is 1640. The highest BCUT2D eigenvalue weighted by atomic mass is 32.1. The van der Waals surface area contributed by atoms with Gasteiger partial charge in [-0.1, -0.05) is 6.42 Å². The number of hydrogen-bond donors (Lipinski definition) is 4. The fraction of sp³-hybridized carbons (Fsp3) is 0.393. The highest BCUT2D eigenvalue weighted by Gasteiger charge is 2.29.